The second kappa shape index (κ2) is 8.43. The normalized spacial score (nSPS) is 18.0. The number of methoxy groups -OCH3 is 3. The van der Waals surface area contributed by atoms with Gasteiger partial charge < -0.3 is 14.2 Å². The summed E-state index contributed by atoms with van der Waals surface area (Å²) in [6, 6.07) is 7.40. The number of hydrogen-bond donors (Lipinski definition) is 0. The molecule has 0 spiro atoms. The summed E-state index contributed by atoms with van der Waals surface area (Å²) in [5, 5.41) is 0. The van der Waals surface area contributed by atoms with Crippen LogP contribution < -0.4 is 14.2 Å². The van der Waals surface area contributed by atoms with Crippen molar-refractivity contribution in [1.29, 1.82) is 0 Å². The smallest absolute Gasteiger partial charge is 0.380 e. The molecule has 1 aliphatic rings. The molecule has 4 rings (SSSR count). The Morgan fingerprint density at radius 3 is 1.94 bits per heavy atom. The maximum Gasteiger partial charge on any atom is 0.380 e. The molecule has 3 aromatic rings. The SMILES string of the molecule is COc1ccc(-c2cc(C3=C(c4cnc(OC)nc4OC)C(F)(F)C(F)(F)C3(F)F)c(C)s2)cc1. The molecule has 186 valence electrons. The quantitative estimate of drug-likeness (QED) is 0.357. The highest BCUT2D eigenvalue weighted by molar-refractivity contribution is 7.15. The molecule has 0 radical (unpaired) electrons. The summed E-state index contributed by atoms with van der Waals surface area (Å²) < 4.78 is 105. The summed E-state index contributed by atoms with van der Waals surface area (Å²) in [5.74, 6) is -16.3. The number of ether oxygens (including phenoxy) is 3. The molecule has 0 saturated carbocycles. The number of aromatic nitrogens is 2. The molecular weight excluding hydrogens is 498 g/mol. The van der Waals surface area contributed by atoms with Gasteiger partial charge in [0.1, 0.15) is 5.75 Å². The van der Waals surface area contributed by atoms with Gasteiger partial charge in [-0.3, -0.25) is 0 Å². The third kappa shape index (κ3) is 3.62. The third-order valence-corrected chi connectivity index (χ3v) is 6.70. The van der Waals surface area contributed by atoms with Gasteiger partial charge in [0, 0.05) is 21.5 Å². The maximum absolute atomic E-state index is 15.2. The Balaban J connectivity index is 2.01. The van der Waals surface area contributed by atoms with Gasteiger partial charge in [-0.1, -0.05) is 0 Å². The minimum Gasteiger partial charge on any atom is -0.497 e. The van der Waals surface area contributed by atoms with Crippen LogP contribution in [-0.4, -0.2) is 49.1 Å². The second-order valence-corrected chi connectivity index (χ2v) is 8.82. The van der Waals surface area contributed by atoms with Crippen LogP contribution in [0.1, 0.15) is 16.0 Å². The number of nitrogens with zero attached hydrogens (tertiary/aromatic N) is 2. The molecular formula is C23H18F6N2O3S. The van der Waals surface area contributed by atoms with Gasteiger partial charge in [0.15, 0.2) is 0 Å². The lowest BCUT2D eigenvalue weighted by Gasteiger charge is -2.25. The van der Waals surface area contributed by atoms with Crippen LogP contribution in [-0.2, 0) is 0 Å². The second-order valence-electron chi connectivity index (χ2n) is 7.56. The maximum atomic E-state index is 15.2. The van der Waals surface area contributed by atoms with Gasteiger partial charge in [0.05, 0.1) is 32.5 Å². The van der Waals surface area contributed by atoms with E-state index in [2.05, 4.69) is 9.97 Å². The van der Waals surface area contributed by atoms with Crippen LogP contribution in [0.4, 0.5) is 26.3 Å². The van der Waals surface area contributed by atoms with E-state index < -0.39 is 45.9 Å². The van der Waals surface area contributed by atoms with Crippen molar-refractivity contribution in [1.82, 2.24) is 9.97 Å². The largest absolute Gasteiger partial charge is 0.497 e. The average molecular weight is 516 g/mol. The summed E-state index contributed by atoms with van der Waals surface area (Å²) in [6.07, 6.45) is 0.706. The first-order valence-corrected chi connectivity index (χ1v) is 10.8. The zero-order valence-electron chi connectivity index (χ0n) is 18.8. The highest BCUT2D eigenvalue weighted by Gasteiger charge is 2.80. The molecule has 1 aromatic carbocycles. The van der Waals surface area contributed by atoms with E-state index in [0.717, 1.165) is 18.4 Å². The number of thiophene rings is 1. The summed E-state index contributed by atoms with van der Waals surface area (Å²) in [4.78, 5) is 7.92. The topological polar surface area (TPSA) is 53.5 Å². The first kappa shape index (κ1) is 24.8. The summed E-state index contributed by atoms with van der Waals surface area (Å²) in [7, 11) is 3.68. The van der Waals surface area contributed by atoms with Crippen molar-refractivity contribution in [2.24, 2.45) is 0 Å². The van der Waals surface area contributed by atoms with Crippen molar-refractivity contribution in [3.8, 4) is 28.1 Å². The molecule has 0 aliphatic heterocycles. The van der Waals surface area contributed by atoms with E-state index in [9.17, 15) is 8.78 Å². The van der Waals surface area contributed by atoms with E-state index in [-0.39, 0.29) is 10.9 Å². The van der Waals surface area contributed by atoms with Crippen LogP contribution in [0.25, 0.3) is 21.6 Å². The summed E-state index contributed by atoms with van der Waals surface area (Å²) in [5.41, 5.74) is -3.77. The van der Waals surface area contributed by atoms with E-state index in [0.29, 0.717) is 22.4 Å². The third-order valence-electron chi connectivity index (χ3n) is 5.61. The Hall–Kier alpha value is -3.28. The van der Waals surface area contributed by atoms with E-state index in [1.807, 2.05) is 0 Å². The Labute approximate surface area is 200 Å². The van der Waals surface area contributed by atoms with E-state index >= 15 is 17.6 Å². The zero-order valence-corrected chi connectivity index (χ0v) is 19.6. The number of hydrogen-bond acceptors (Lipinski definition) is 6. The number of halogens is 6. The van der Waals surface area contributed by atoms with Crippen LogP contribution in [0.5, 0.6) is 17.6 Å². The van der Waals surface area contributed by atoms with Crippen molar-refractivity contribution in [2.45, 2.75) is 24.7 Å². The van der Waals surface area contributed by atoms with Crippen molar-refractivity contribution in [2.75, 3.05) is 21.3 Å². The minimum absolute atomic E-state index is 0.143. The minimum atomic E-state index is -5.72. The molecule has 2 aromatic heterocycles. The Bertz CT molecular complexity index is 1310. The fraction of sp³-hybridized carbons (Fsp3) is 0.304. The molecule has 12 heteroatoms. The summed E-state index contributed by atoms with van der Waals surface area (Å²) in [6.45, 7) is 1.39. The molecule has 0 bridgehead atoms. The lowest BCUT2D eigenvalue weighted by Crippen LogP contribution is -2.48. The number of aryl methyl sites for hydroxylation is 1. The molecule has 0 N–H and O–H groups in total. The first-order chi connectivity index (χ1) is 16.4. The molecule has 5 nitrogen and oxygen atoms in total. The van der Waals surface area contributed by atoms with Gasteiger partial charge in [-0.2, -0.15) is 31.3 Å². The van der Waals surface area contributed by atoms with Gasteiger partial charge in [-0.15, -0.1) is 11.3 Å². The highest BCUT2D eigenvalue weighted by Crippen LogP contribution is 2.66. The Kier molecular flexibility index (Phi) is 5.98. The Morgan fingerprint density at radius 1 is 0.800 bits per heavy atom. The zero-order chi connectivity index (χ0) is 25.8. The van der Waals surface area contributed by atoms with Gasteiger partial charge >= 0.3 is 23.8 Å². The van der Waals surface area contributed by atoms with Gasteiger partial charge in [0.25, 0.3) is 0 Å². The molecule has 0 saturated heterocycles. The monoisotopic (exact) mass is 516 g/mol. The van der Waals surface area contributed by atoms with Crippen LogP contribution >= 0.6 is 11.3 Å². The molecule has 2 heterocycles. The van der Waals surface area contributed by atoms with Crippen LogP contribution in [0.15, 0.2) is 36.5 Å². The fourth-order valence-corrected chi connectivity index (χ4v) is 4.87. The van der Waals surface area contributed by atoms with E-state index in [1.54, 1.807) is 24.3 Å². The van der Waals surface area contributed by atoms with Crippen LogP contribution in [0.2, 0.25) is 0 Å². The molecule has 0 fully saturated rings. The van der Waals surface area contributed by atoms with Gasteiger partial charge in [0.2, 0.25) is 5.88 Å². The molecule has 0 amide bonds. The van der Waals surface area contributed by atoms with E-state index in [4.69, 9.17) is 14.2 Å². The molecule has 1 aliphatic carbocycles. The van der Waals surface area contributed by atoms with Crippen molar-refractivity contribution in [3.63, 3.8) is 0 Å². The van der Waals surface area contributed by atoms with Gasteiger partial charge in [-0.25, -0.2) is 4.98 Å². The van der Waals surface area contributed by atoms with Crippen LogP contribution in [0.3, 0.4) is 0 Å². The lowest BCUT2D eigenvalue weighted by molar-refractivity contribution is -0.254. The molecule has 0 unspecified atom stereocenters. The number of allylic oxidation sites excluding steroid dienone is 2. The van der Waals surface area contributed by atoms with E-state index in [1.165, 1.54) is 27.2 Å². The average Bonchev–Trinajstić information content (AvgIpc) is 3.26. The summed E-state index contributed by atoms with van der Waals surface area (Å²) >= 11 is 1.00. The highest BCUT2D eigenvalue weighted by atomic mass is 32.1. The standard InChI is InChI=1S/C23H18F6N2O3S/c1-11-14(9-16(35-11)12-5-7-13(32-2)8-6-12)17-18(22(26,27)23(28,29)21(17,24)25)15-10-30-20(34-4)31-19(15)33-3/h5-10H,1-4H3. The number of rotatable bonds is 6. The van der Waals surface area contributed by atoms with Gasteiger partial charge in [-0.05, 0) is 48.4 Å². The predicted molar refractivity (Wildman–Crippen MR) is 118 cm³/mol. The predicted octanol–water partition coefficient (Wildman–Crippen LogP) is 6.37. The first-order valence-electron chi connectivity index (χ1n) is 10.00. The van der Waals surface area contributed by atoms with Crippen LogP contribution in [0, 0.1) is 6.92 Å². The fourth-order valence-electron chi connectivity index (χ4n) is 3.84. The number of benzene rings is 1. The molecule has 0 atom stereocenters. The van der Waals surface area contributed by atoms with Crippen molar-refractivity contribution >= 4 is 22.5 Å². The molecule has 35 heavy (non-hydrogen) atoms. The lowest BCUT2D eigenvalue weighted by atomic mass is 9.95. The number of alkyl halides is 6. The van der Waals surface area contributed by atoms with Crippen molar-refractivity contribution < 1.29 is 40.6 Å². The Morgan fingerprint density at radius 2 is 1.40 bits per heavy atom. The van der Waals surface area contributed by atoms with Crippen molar-refractivity contribution in [3.05, 3.63) is 52.5 Å².